The molecule has 0 bridgehead atoms. The van der Waals surface area contributed by atoms with Gasteiger partial charge in [-0.25, -0.2) is 9.78 Å². The lowest BCUT2D eigenvalue weighted by molar-refractivity contribution is -0.141. The van der Waals surface area contributed by atoms with Crippen LogP contribution in [-0.4, -0.2) is 86.6 Å². The van der Waals surface area contributed by atoms with Gasteiger partial charge in [-0.3, -0.25) is 19.2 Å². The van der Waals surface area contributed by atoms with Gasteiger partial charge in [-0.15, -0.1) is 0 Å². The lowest BCUT2D eigenvalue weighted by atomic mass is 10.1. The van der Waals surface area contributed by atoms with Crippen molar-refractivity contribution in [2.75, 3.05) is 17.8 Å². The second kappa shape index (κ2) is 15.2. The molecule has 190 valence electrons. The number of carboxylic acids is 1. The number of aliphatic carboxylic acids is 1. The van der Waals surface area contributed by atoms with Gasteiger partial charge >= 0.3 is 5.97 Å². The van der Waals surface area contributed by atoms with E-state index < -0.39 is 53.8 Å². The van der Waals surface area contributed by atoms with Crippen molar-refractivity contribution in [2.45, 2.75) is 49.9 Å². The highest BCUT2D eigenvalue weighted by Crippen LogP contribution is 2.05. The maximum Gasteiger partial charge on any atom is 0.327 e. The third kappa shape index (κ3) is 10.4. The third-order valence-electron chi connectivity index (χ3n) is 4.69. The number of rotatable bonds is 16. The summed E-state index contributed by atoms with van der Waals surface area (Å²) in [5.41, 5.74) is 11.5. The van der Waals surface area contributed by atoms with Crippen LogP contribution >= 0.6 is 24.4 Å². The first-order chi connectivity index (χ1) is 16.1. The Morgan fingerprint density at radius 2 is 1.71 bits per heavy atom. The predicted molar refractivity (Wildman–Crippen MR) is 129 cm³/mol. The third-order valence-corrected chi connectivity index (χ3v) is 5.70. The lowest BCUT2D eigenvalue weighted by Crippen LogP contribution is -2.58. The summed E-state index contributed by atoms with van der Waals surface area (Å²) in [6.45, 7) is 0. The van der Waals surface area contributed by atoms with Gasteiger partial charge in [0.25, 0.3) is 0 Å². The molecule has 4 amide bonds. The van der Waals surface area contributed by atoms with Crippen molar-refractivity contribution in [2.24, 2.45) is 11.5 Å². The van der Waals surface area contributed by atoms with Gasteiger partial charge in [-0.1, -0.05) is 0 Å². The summed E-state index contributed by atoms with van der Waals surface area (Å²) in [7, 11) is 0. The Morgan fingerprint density at radius 3 is 2.24 bits per heavy atom. The van der Waals surface area contributed by atoms with E-state index in [-0.39, 0.29) is 25.0 Å². The van der Waals surface area contributed by atoms with Crippen LogP contribution in [0.1, 0.15) is 25.0 Å². The van der Waals surface area contributed by atoms with Gasteiger partial charge in [0.15, 0.2) is 0 Å². The topological polar surface area (TPSA) is 222 Å². The SMILES string of the molecule is CSCCC(N)C(=O)NC(CCC(N)=O)C(=O)NC(Cc1cnc[nH]1)C(=O)NC(CS)C(=O)O. The summed E-state index contributed by atoms with van der Waals surface area (Å²) in [6.07, 6.45) is 4.71. The first-order valence-corrected chi connectivity index (χ1v) is 12.4. The molecule has 9 N–H and O–H groups in total. The standard InChI is InChI=1S/C19H31N7O6S2/c1-34-5-4-11(20)16(28)24-12(2-3-15(21)27)17(29)25-13(6-10-7-22-9-23-10)18(30)26-14(8-33)19(31)32/h7,9,11-14,33H,2-6,8,20H2,1H3,(H2,21,27)(H,22,23)(H,24,28)(H,25,29)(H,26,30)(H,31,32). The van der Waals surface area contributed by atoms with E-state index in [0.717, 1.165) is 0 Å². The molecular formula is C19H31N7O6S2. The molecule has 0 fully saturated rings. The Morgan fingerprint density at radius 1 is 1.09 bits per heavy atom. The first kappa shape index (κ1) is 29.3. The number of carboxylic acid groups (broad SMARTS) is 1. The Hall–Kier alpha value is -2.78. The van der Waals surface area contributed by atoms with Crippen molar-refractivity contribution in [3.63, 3.8) is 0 Å². The molecule has 1 aromatic rings. The number of nitrogens with two attached hydrogens (primary N) is 2. The fourth-order valence-electron chi connectivity index (χ4n) is 2.77. The number of imidazole rings is 1. The normalized spacial score (nSPS) is 14.3. The Labute approximate surface area is 206 Å². The first-order valence-electron chi connectivity index (χ1n) is 10.3. The number of thioether (sulfide) groups is 1. The molecule has 0 aliphatic carbocycles. The summed E-state index contributed by atoms with van der Waals surface area (Å²) < 4.78 is 0. The molecule has 4 atom stereocenters. The van der Waals surface area contributed by atoms with E-state index in [4.69, 9.17) is 11.5 Å². The predicted octanol–water partition coefficient (Wildman–Crippen LogP) is -2.23. The zero-order chi connectivity index (χ0) is 25.7. The van der Waals surface area contributed by atoms with Crippen molar-refractivity contribution in [3.8, 4) is 0 Å². The minimum atomic E-state index is -1.29. The lowest BCUT2D eigenvalue weighted by Gasteiger charge is -2.24. The number of aromatic amines is 1. The van der Waals surface area contributed by atoms with E-state index in [9.17, 15) is 29.1 Å². The van der Waals surface area contributed by atoms with Crippen molar-refractivity contribution in [1.82, 2.24) is 25.9 Å². The maximum absolute atomic E-state index is 13.0. The number of aromatic nitrogens is 2. The highest BCUT2D eigenvalue weighted by Gasteiger charge is 2.30. The number of hydrogen-bond donors (Lipinski definition) is 8. The molecule has 15 heteroatoms. The molecule has 0 spiro atoms. The molecule has 4 unspecified atom stereocenters. The Bertz CT molecular complexity index is 839. The highest BCUT2D eigenvalue weighted by atomic mass is 32.2. The average molecular weight is 518 g/mol. The number of nitrogens with zero attached hydrogens (tertiary/aromatic N) is 1. The smallest absolute Gasteiger partial charge is 0.327 e. The molecule has 1 rings (SSSR count). The highest BCUT2D eigenvalue weighted by molar-refractivity contribution is 7.98. The summed E-state index contributed by atoms with van der Waals surface area (Å²) in [4.78, 5) is 67.4. The molecule has 0 saturated heterocycles. The van der Waals surface area contributed by atoms with Crippen LogP contribution in [0.4, 0.5) is 0 Å². The quantitative estimate of drug-likeness (QED) is 0.111. The number of H-pyrrole nitrogens is 1. The van der Waals surface area contributed by atoms with Crippen LogP contribution in [0.5, 0.6) is 0 Å². The molecule has 0 saturated carbocycles. The fourth-order valence-corrected chi connectivity index (χ4v) is 3.50. The van der Waals surface area contributed by atoms with Crippen molar-refractivity contribution < 1.29 is 29.1 Å². The summed E-state index contributed by atoms with van der Waals surface area (Å²) in [5, 5.41) is 16.5. The average Bonchev–Trinajstić information content (AvgIpc) is 3.30. The van der Waals surface area contributed by atoms with Crippen LogP contribution in [0.3, 0.4) is 0 Å². The molecule has 0 aliphatic rings. The summed E-state index contributed by atoms with van der Waals surface area (Å²) in [5.74, 6) is -3.63. The molecule has 0 aliphatic heterocycles. The van der Waals surface area contributed by atoms with E-state index in [1.165, 1.54) is 24.3 Å². The van der Waals surface area contributed by atoms with E-state index in [1.807, 2.05) is 6.26 Å². The van der Waals surface area contributed by atoms with E-state index in [1.54, 1.807) is 0 Å². The van der Waals surface area contributed by atoms with Gasteiger partial charge in [-0.05, 0) is 24.9 Å². The molecule has 1 heterocycles. The molecule has 0 aromatic carbocycles. The number of thiol groups is 1. The number of carbonyl (C=O) groups is 5. The van der Waals surface area contributed by atoms with E-state index in [0.29, 0.717) is 17.9 Å². The second-order valence-electron chi connectivity index (χ2n) is 7.38. The Kier molecular flexibility index (Phi) is 13.1. The zero-order valence-corrected chi connectivity index (χ0v) is 20.4. The number of nitrogens with one attached hydrogen (secondary N) is 4. The van der Waals surface area contributed by atoms with Crippen molar-refractivity contribution in [3.05, 3.63) is 18.2 Å². The number of primary amides is 1. The van der Waals surface area contributed by atoms with E-state index in [2.05, 4.69) is 38.5 Å². The summed E-state index contributed by atoms with van der Waals surface area (Å²) >= 11 is 5.42. The van der Waals surface area contributed by atoms with Crippen molar-refractivity contribution in [1.29, 1.82) is 0 Å². The Balaban J connectivity index is 3.02. The van der Waals surface area contributed by atoms with Gasteiger partial charge in [0, 0.05) is 30.5 Å². The minimum absolute atomic E-state index is 0.0415. The zero-order valence-electron chi connectivity index (χ0n) is 18.7. The van der Waals surface area contributed by atoms with Crippen LogP contribution < -0.4 is 27.4 Å². The molecule has 34 heavy (non-hydrogen) atoms. The monoisotopic (exact) mass is 517 g/mol. The van der Waals surface area contributed by atoms with Crippen LogP contribution in [0.15, 0.2) is 12.5 Å². The van der Waals surface area contributed by atoms with Crippen LogP contribution in [0.25, 0.3) is 0 Å². The molecule has 1 aromatic heterocycles. The minimum Gasteiger partial charge on any atom is -0.480 e. The number of amides is 4. The van der Waals surface area contributed by atoms with Crippen LogP contribution in [0, 0.1) is 0 Å². The van der Waals surface area contributed by atoms with Crippen LogP contribution in [0.2, 0.25) is 0 Å². The number of carbonyl (C=O) groups excluding carboxylic acids is 4. The van der Waals surface area contributed by atoms with Gasteiger partial charge in [0.2, 0.25) is 23.6 Å². The molecule has 13 nitrogen and oxygen atoms in total. The summed E-state index contributed by atoms with van der Waals surface area (Å²) in [6, 6.07) is -4.56. The largest absolute Gasteiger partial charge is 0.480 e. The molecule has 0 radical (unpaired) electrons. The van der Waals surface area contributed by atoms with Crippen molar-refractivity contribution >= 4 is 54.0 Å². The molecular weight excluding hydrogens is 486 g/mol. The second-order valence-corrected chi connectivity index (χ2v) is 8.73. The number of hydrogen-bond acceptors (Lipinski definition) is 9. The fraction of sp³-hybridized carbons (Fsp3) is 0.579. The van der Waals surface area contributed by atoms with Crippen LogP contribution in [-0.2, 0) is 30.4 Å². The van der Waals surface area contributed by atoms with E-state index >= 15 is 0 Å². The van der Waals surface area contributed by atoms with Gasteiger partial charge in [-0.2, -0.15) is 24.4 Å². The van der Waals surface area contributed by atoms with Gasteiger partial charge < -0.3 is 37.5 Å². The van der Waals surface area contributed by atoms with Gasteiger partial charge in [0.05, 0.1) is 12.4 Å². The maximum atomic E-state index is 13.0. The van der Waals surface area contributed by atoms with Gasteiger partial charge in [0.1, 0.15) is 18.1 Å².